The fraction of sp³-hybridized carbons (Fsp3) is 0.0476. The van der Waals surface area contributed by atoms with Crippen molar-refractivity contribution >= 4 is 12.1 Å². The SMILES string of the molecule is O=C(COc1ccccc1-c1ccccc1)NN=Cc1ccc(F)cc1. The van der Waals surface area contributed by atoms with E-state index in [1.165, 1.54) is 18.3 Å². The summed E-state index contributed by atoms with van der Waals surface area (Å²) in [6, 6.07) is 23.1. The third-order valence-electron chi connectivity index (χ3n) is 3.60. The van der Waals surface area contributed by atoms with Crippen molar-refractivity contribution in [3.63, 3.8) is 0 Å². The highest BCUT2D eigenvalue weighted by molar-refractivity contribution is 5.83. The molecular formula is C21H17FN2O2. The topological polar surface area (TPSA) is 50.7 Å². The molecule has 0 unspecified atom stereocenters. The predicted molar refractivity (Wildman–Crippen MR) is 99.5 cm³/mol. The first-order valence-electron chi connectivity index (χ1n) is 8.07. The summed E-state index contributed by atoms with van der Waals surface area (Å²) in [5, 5.41) is 3.84. The van der Waals surface area contributed by atoms with Crippen LogP contribution in [0.1, 0.15) is 5.56 Å². The number of para-hydroxylation sites is 1. The number of carbonyl (C=O) groups excluding carboxylic acids is 1. The Hall–Kier alpha value is -3.47. The normalized spacial score (nSPS) is 10.7. The van der Waals surface area contributed by atoms with Gasteiger partial charge in [-0.1, -0.05) is 60.7 Å². The molecule has 0 saturated carbocycles. The molecule has 0 atom stereocenters. The standard InChI is InChI=1S/C21H17FN2O2/c22-18-12-10-16(11-13-18)14-23-24-21(25)15-26-20-9-5-4-8-19(20)17-6-2-1-3-7-17/h1-14H,15H2,(H,24,25). The average molecular weight is 348 g/mol. The van der Waals surface area contributed by atoms with Gasteiger partial charge in [-0.25, -0.2) is 9.82 Å². The fourth-order valence-electron chi connectivity index (χ4n) is 2.35. The number of nitrogens with one attached hydrogen (secondary N) is 1. The van der Waals surface area contributed by atoms with E-state index in [2.05, 4.69) is 10.5 Å². The van der Waals surface area contributed by atoms with Crippen LogP contribution in [0.5, 0.6) is 5.75 Å². The Bertz CT molecular complexity index is 893. The molecule has 0 saturated heterocycles. The van der Waals surface area contributed by atoms with Gasteiger partial charge >= 0.3 is 0 Å². The number of ether oxygens (including phenoxy) is 1. The smallest absolute Gasteiger partial charge is 0.277 e. The number of halogens is 1. The molecule has 1 N–H and O–H groups in total. The van der Waals surface area contributed by atoms with Crippen LogP contribution < -0.4 is 10.2 Å². The molecule has 4 nitrogen and oxygen atoms in total. The van der Waals surface area contributed by atoms with E-state index in [-0.39, 0.29) is 18.3 Å². The molecule has 3 aromatic rings. The van der Waals surface area contributed by atoms with Gasteiger partial charge in [-0.3, -0.25) is 4.79 Å². The summed E-state index contributed by atoms with van der Waals surface area (Å²) < 4.78 is 18.5. The molecule has 1 amide bonds. The van der Waals surface area contributed by atoms with Crippen molar-refractivity contribution < 1.29 is 13.9 Å². The summed E-state index contributed by atoms with van der Waals surface area (Å²) in [5.41, 5.74) is 4.99. The van der Waals surface area contributed by atoms with Crippen LogP contribution in [0.15, 0.2) is 84.0 Å². The number of rotatable bonds is 6. The van der Waals surface area contributed by atoms with Gasteiger partial charge in [0.2, 0.25) is 0 Å². The number of hydrogen-bond donors (Lipinski definition) is 1. The van der Waals surface area contributed by atoms with Crippen molar-refractivity contribution in [2.75, 3.05) is 6.61 Å². The summed E-state index contributed by atoms with van der Waals surface area (Å²) in [6.07, 6.45) is 1.44. The van der Waals surface area contributed by atoms with Gasteiger partial charge in [0.1, 0.15) is 11.6 Å². The summed E-state index contributed by atoms with van der Waals surface area (Å²) in [5.74, 6) is -0.0840. The minimum atomic E-state index is -0.383. The average Bonchev–Trinajstić information content (AvgIpc) is 2.69. The molecule has 0 aliphatic rings. The van der Waals surface area contributed by atoms with Gasteiger partial charge < -0.3 is 4.74 Å². The lowest BCUT2D eigenvalue weighted by atomic mass is 10.1. The van der Waals surface area contributed by atoms with Crippen LogP contribution in [-0.2, 0) is 4.79 Å². The monoisotopic (exact) mass is 348 g/mol. The lowest BCUT2D eigenvalue weighted by molar-refractivity contribution is -0.123. The molecule has 0 aliphatic heterocycles. The van der Waals surface area contributed by atoms with Crippen LogP contribution in [-0.4, -0.2) is 18.7 Å². The number of amides is 1. The maximum atomic E-state index is 12.8. The Morgan fingerprint density at radius 2 is 1.65 bits per heavy atom. The van der Waals surface area contributed by atoms with E-state index >= 15 is 0 Å². The number of nitrogens with zero attached hydrogens (tertiary/aromatic N) is 1. The second-order valence-corrected chi connectivity index (χ2v) is 5.50. The van der Waals surface area contributed by atoms with Gasteiger partial charge in [0.15, 0.2) is 6.61 Å². The Labute approximate surface area is 150 Å². The Morgan fingerprint density at radius 1 is 0.962 bits per heavy atom. The third-order valence-corrected chi connectivity index (χ3v) is 3.60. The zero-order chi connectivity index (χ0) is 18.2. The number of hydrogen-bond acceptors (Lipinski definition) is 3. The van der Waals surface area contributed by atoms with Gasteiger partial charge in [-0.15, -0.1) is 0 Å². The van der Waals surface area contributed by atoms with Crippen molar-refractivity contribution in [2.24, 2.45) is 5.10 Å². The minimum absolute atomic E-state index is 0.162. The van der Waals surface area contributed by atoms with Crippen LogP contribution >= 0.6 is 0 Å². The molecule has 26 heavy (non-hydrogen) atoms. The first-order chi connectivity index (χ1) is 12.7. The van der Waals surface area contributed by atoms with Crippen molar-refractivity contribution in [1.82, 2.24) is 5.43 Å². The van der Waals surface area contributed by atoms with E-state index in [4.69, 9.17) is 4.74 Å². The first-order valence-corrected chi connectivity index (χ1v) is 8.07. The Morgan fingerprint density at radius 3 is 2.42 bits per heavy atom. The van der Waals surface area contributed by atoms with E-state index in [1.54, 1.807) is 12.1 Å². The molecule has 5 heteroatoms. The van der Waals surface area contributed by atoms with E-state index in [1.807, 2.05) is 54.6 Å². The van der Waals surface area contributed by atoms with Crippen LogP contribution in [0.25, 0.3) is 11.1 Å². The van der Waals surface area contributed by atoms with Gasteiger partial charge in [-0.2, -0.15) is 5.10 Å². The third kappa shape index (κ3) is 4.77. The highest BCUT2D eigenvalue weighted by Crippen LogP contribution is 2.29. The van der Waals surface area contributed by atoms with E-state index < -0.39 is 0 Å². The predicted octanol–water partition coefficient (Wildman–Crippen LogP) is 4.02. The maximum Gasteiger partial charge on any atom is 0.277 e. The molecule has 0 aliphatic carbocycles. The lowest BCUT2D eigenvalue weighted by Crippen LogP contribution is -2.24. The van der Waals surface area contributed by atoms with E-state index in [9.17, 15) is 9.18 Å². The summed E-state index contributed by atoms with van der Waals surface area (Å²) in [7, 11) is 0. The highest BCUT2D eigenvalue weighted by Gasteiger charge is 2.07. The summed E-state index contributed by atoms with van der Waals surface area (Å²) in [4.78, 5) is 11.9. The molecule has 3 rings (SSSR count). The van der Waals surface area contributed by atoms with Crippen LogP contribution in [0, 0.1) is 5.82 Å². The van der Waals surface area contributed by atoms with Gasteiger partial charge in [0, 0.05) is 5.56 Å². The molecule has 0 heterocycles. The fourth-order valence-corrected chi connectivity index (χ4v) is 2.35. The Balaban J connectivity index is 1.57. The maximum absolute atomic E-state index is 12.8. The largest absolute Gasteiger partial charge is 0.483 e. The molecule has 0 fully saturated rings. The molecule has 0 aromatic heterocycles. The second kappa shape index (κ2) is 8.58. The quantitative estimate of drug-likeness (QED) is 0.540. The van der Waals surface area contributed by atoms with E-state index in [0.29, 0.717) is 11.3 Å². The molecule has 0 spiro atoms. The number of hydrazone groups is 1. The Kier molecular flexibility index (Phi) is 5.72. The molecule has 3 aromatic carbocycles. The number of benzene rings is 3. The van der Waals surface area contributed by atoms with Gasteiger partial charge in [0.05, 0.1) is 6.21 Å². The van der Waals surface area contributed by atoms with Crippen molar-refractivity contribution in [2.45, 2.75) is 0 Å². The summed E-state index contributed by atoms with van der Waals surface area (Å²) >= 11 is 0. The van der Waals surface area contributed by atoms with Gasteiger partial charge in [-0.05, 0) is 29.3 Å². The van der Waals surface area contributed by atoms with Crippen LogP contribution in [0.2, 0.25) is 0 Å². The second-order valence-electron chi connectivity index (χ2n) is 5.50. The number of carbonyl (C=O) groups is 1. The summed E-state index contributed by atoms with van der Waals surface area (Å²) in [6.45, 7) is -0.162. The molecule has 0 bridgehead atoms. The molecule has 0 radical (unpaired) electrons. The van der Waals surface area contributed by atoms with Gasteiger partial charge in [0.25, 0.3) is 5.91 Å². The molecular weight excluding hydrogens is 331 g/mol. The minimum Gasteiger partial charge on any atom is -0.483 e. The van der Waals surface area contributed by atoms with Crippen LogP contribution in [0.3, 0.4) is 0 Å². The lowest BCUT2D eigenvalue weighted by Gasteiger charge is -2.10. The van der Waals surface area contributed by atoms with E-state index in [0.717, 1.165) is 11.1 Å². The van der Waals surface area contributed by atoms with Crippen molar-refractivity contribution in [1.29, 1.82) is 0 Å². The van der Waals surface area contributed by atoms with Crippen molar-refractivity contribution in [3.8, 4) is 16.9 Å². The van der Waals surface area contributed by atoms with Crippen molar-refractivity contribution in [3.05, 3.63) is 90.2 Å². The highest BCUT2D eigenvalue weighted by atomic mass is 19.1. The zero-order valence-corrected chi connectivity index (χ0v) is 13.9. The first kappa shape index (κ1) is 17.4. The molecule has 130 valence electrons. The van der Waals surface area contributed by atoms with Crippen LogP contribution in [0.4, 0.5) is 4.39 Å². The zero-order valence-electron chi connectivity index (χ0n) is 13.9.